The zero-order chi connectivity index (χ0) is 12.4. The Bertz CT molecular complexity index is 566. The summed E-state index contributed by atoms with van der Waals surface area (Å²) in [6.07, 6.45) is 0. The Morgan fingerprint density at radius 1 is 1.41 bits per heavy atom. The van der Waals surface area contributed by atoms with E-state index in [1.165, 1.54) is 7.11 Å². The smallest absolute Gasteiger partial charge is 0.396 e. The van der Waals surface area contributed by atoms with E-state index in [0.29, 0.717) is 5.89 Å². The Morgan fingerprint density at radius 2 is 2.18 bits per heavy atom. The Hall–Kier alpha value is -1.44. The minimum absolute atomic E-state index is 0.139. The maximum absolute atomic E-state index is 11.2. The van der Waals surface area contributed by atoms with Gasteiger partial charge < -0.3 is 9.15 Å². The minimum atomic E-state index is -0.633. The van der Waals surface area contributed by atoms with Crippen LogP contribution < -0.4 is 0 Å². The van der Waals surface area contributed by atoms with Crippen molar-refractivity contribution in [2.24, 2.45) is 0 Å². The summed E-state index contributed by atoms with van der Waals surface area (Å²) in [6, 6.07) is 5.75. The number of esters is 1. The molecule has 0 bridgehead atoms. The van der Waals surface area contributed by atoms with Gasteiger partial charge in [-0.1, -0.05) is 12.1 Å². The van der Waals surface area contributed by atoms with Crippen LogP contribution in [-0.4, -0.2) is 23.3 Å². The predicted molar refractivity (Wildman–Crippen MR) is 68.5 cm³/mol. The number of halogens is 1. The number of rotatable bonds is 2. The quantitative estimate of drug-likeness (QED) is 0.619. The summed E-state index contributed by atoms with van der Waals surface area (Å²) < 4.78 is 10.8. The van der Waals surface area contributed by atoms with E-state index < -0.39 is 5.97 Å². The molecule has 1 aromatic heterocycles. The standard InChI is InChI=1S/C11H9IN2O3/c1-6-4-3-5-7(8(6)12)9-13-14-10(17-9)11(15)16-2/h3-5H,1-2H3. The molecule has 2 rings (SSSR count). The summed E-state index contributed by atoms with van der Waals surface area (Å²) in [6.45, 7) is 1.99. The van der Waals surface area contributed by atoms with Gasteiger partial charge >= 0.3 is 11.9 Å². The number of benzene rings is 1. The van der Waals surface area contributed by atoms with Crippen molar-refractivity contribution in [3.8, 4) is 11.5 Å². The van der Waals surface area contributed by atoms with E-state index >= 15 is 0 Å². The highest BCUT2D eigenvalue weighted by atomic mass is 127. The summed E-state index contributed by atoms with van der Waals surface area (Å²) in [5, 5.41) is 7.47. The molecule has 0 amide bonds. The fraction of sp³-hybridized carbons (Fsp3) is 0.182. The molecule has 0 atom stereocenters. The first kappa shape index (κ1) is 12.0. The molecule has 1 aromatic carbocycles. The summed E-state index contributed by atoms with van der Waals surface area (Å²) >= 11 is 2.20. The summed E-state index contributed by atoms with van der Waals surface area (Å²) in [5.74, 6) is -0.454. The fourth-order valence-electron chi connectivity index (χ4n) is 1.31. The Labute approximate surface area is 111 Å². The predicted octanol–water partition coefficient (Wildman–Crippen LogP) is 2.44. The molecule has 6 heteroatoms. The zero-order valence-electron chi connectivity index (χ0n) is 9.23. The van der Waals surface area contributed by atoms with Gasteiger partial charge in [-0.05, 0) is 41.1 Å². The second-order valence-corrected chi connectivity index (χ2v) is 4.42. The van der Waals surface area contributed by atoms with Gasteiger partial charge in [0.2, 0.25) is 5.89 Å². The molecule has 0 aliphatic carbocycles. The van der Waals surface area contributed by atoms with Crippen molar-refractivity contribution in [2.75, 3.05) is 7.11 Å². The van der Waals surface area contributed by atoms with Gasteiger partial charge in [-0.15, -0.1) is 10.2 Å². The average molecular weight is 344 g/mol. The molecule has 0 saturated heterocycles. The van der Waals surface area contributed by atoms with Crippen molar-refractivity contribution in [1.82, 2.24) is 10.2 Å². The number of carbonyl (C=O) groups is 1. The normalized spacial score (nSPS) is 10.3. The van der Waals surface area contributed by atoms with Crippen molar-refractivity contribution >= 4 is 28.6 Å². The number of hydrogen-bond acceptors (Lipinski definition) is 5. The molecule has 0 saturated carbocycles. The number of aryl methyl sites for hydroxylation is 1. The number of nitrogens with zero attached hydrogens (tertiary/aromatic N) is 2. The lowest BCUT2D eigenvalue weighted by atomic mass is 10.1. The van der Waals surface area contributed by atoms with Crippen LogP contribution in [0.4, 0.5) is 0 Å². The third-order valence-corrected chi connectivity index (χ3v) is 3.64. The van der Waals surface area contributed by atoms with E-state index in [2.05, 4.69) is 37.5 Å². The van der Waals surface area contributed by atoms with Crippen LogP contribution >= 0.6 is 22.6 Å². The highest BCUT2D eigenvalue weighted by molar-refractivity contribution is 14.1. The molecule has 5 nitrogen and oxygen atoms in total. The molecular weight excluding hydrogens is 335 g/mol. The lowest BCUT2D eigenvalue weighted by molar-refractivity contribution is 0.0556. The topological polar surface area (TPSA) is 65.2 Å². The van der Waals surface area contributed by atoms with Crippen LogP contribution in [0.5, 0.6) is 0 Å². The molecule has 0 unspecified atom stereocenters. The molecule has 0 aliphatic rings. The van der Waals surface area contributed by atoms with Crippen molar-refractivity contribution in [2.45, 2.75) is 6.92 Å². The number of ether oxygens (including phenoxy) is 1. The second kappa shape index (κ2) is 4.82. The maximum Gasteiger partial charge on any atom is 0.396 e. The van der Waals surface area contributed by atoms with E-state index in [-0.39, 0.29) is 5.89 Å². The van der Waals surface area contributed by atoms with Gasteiger partial charge in [0.05, 0.1) is 12.7 Å². The zero-order valence-corrected chi connectivity index (χ0v) is 11.4. The number of methoxy groups -OCH3 is 1. The maximum atomic E-state index is 11.2. The van der Waals surface area contributed by atoms with Crippen molar-refractivity contribution in [1.29, 1.82) is 0 Å². The molecule has 88 valence electrons. The summed E-state index contributed by atoms with van der Waals surface area (Å²) in [5.41, 5.74) is 1.93. The molecular formula is C11H9IN2O3. The molecule has 0 N–H and O–H groups in total. The third-order valence-electron chi connectivity index (χ3n) is 2.21. The monoisotopic (exact) mass is 344 g/mol. The summed E-state index contributed by atoms with van der Waals surface area (Å²) in [4.78, 5) is 11.2. The Kier molecular flexibility index (Phi) is 3.41. The van der Waals surface area contributed by atoms with E-state index in [1.54, 1.807) is 0 Å². The summed E-state index contributed by atoms with van der Waals surface area (Å²) in [7, 11) is 1.27. The average Bonchev–Trinajstić information content (AvgIpc) is 2.81. The van der Waals surface area contributed by atoms with Crippen LogP contribution in [0.1, 0.15) is 16.2 Å². The van der Waals surface area contributed by atoms with Gasteiger partial charge in [0.25, 0.3) is 0 Å². The minimum Gasteiger partial charge on any atom is -0.462 e. The van der Waals surface area contributed by atoms with E-state index in [9.17, 15) is 4.79 Å². The lowest BCUT2D eigenvalue weighted by Gasteiger charge is -2.01. The lowest BCUT2D eigenvalue weighted by Crippen LogP contribution is -2.00. The van der Waals surface area contributed by atoms with Gasteiger partial charge in [0, 0.05) is 3.57 Å². The van der Waals surface area contributed by atoms with E-state index in [4.69, 9.17) is 4.42 Å². The van der Waals surface area contributed by atoms with Crippen molar-refractivity contribution < 1.29 is 13.9 Å². The first-order valence-electron chi connectivity index (χ1n) is 4.80. The van der Waals surface area contributed by atoms with Crippen LogP contribution in [0.25, 0.3) is 11.5 Å². The molecule has 0 aliphatic heterocycles. The van der Waals surface area contributed by atoms with Gasteiger partial charge in [-0.2, -0.15) is 0 Å². The van der Waals surface area contributed by atoms with E-state index in [1.807, 2.05) is 25.1 Å². The molecule has 2 aromatic rings. The highest BCUT2D eigenvalue weighted by Gasteiger charge is 2.17. The molecule has 0 spiro atoms. The van der Waals surface area contributed by atoms with Crippen molar-refractivity contribution in [3.63, 3.8) is 0 Å². The third kappa shape index (κ3) is 2.31. The second-order valence-electron chi connectivity index (χ2n) is 3.34. The van der Waals surface area contributed by atoms with Crippen molar-refractivity contribution in [3.05, 3.63) is 33.2 Å². The van der Waals surface area contributed by atoms with Crippen LogP contribution in [0.2, 0.25) is 0 Å². The van der Waals surface area contributed by atoms with Gasteiger partial charge in [0.1, 0.15) is 0 Å². The largest absolute Gasteiger partial charge is 0.462 e. The van der Waals surface area contributed by atoms with Crippen LogP contribution in [-0.2, 0) is 4.74 Å². The SMILES string of the molecule is COC(=O)c1nnc(-c2cccc(C)c2I)o1. The molecule has 0 fully saturated rings. The van der Waals surface area contributed by atoms with Crippen LogP contribution in [0.3, 0.4) is 0 Å². The molecule has 17 heavy (non-hydrogen) atoms. The van der Waals surface area contributed by atoms with Gasteiger partial charge in [-0.25, -0.2) is 4.79 Å². The van der Waals surface area contributed by atoms with Gasteiger partial charge in [-0.3, -0.25) is 0 Å². The molecule has 0 radical (unpaired) electrons. The number of aromatic nitrogens is 2. The fourth-order valence-corrected chi connectivity index (χ4v) is 1.90. The first-order chi connectivity index (χ1) is 8.13. The van der Waals surface area contributed by atoms with E-state index in [0.717, 1.165) is 14.7 Å². The molecule has 1 heterocycles. The number of carbonyl (C=O) groups excluding carboxylic acids is 1. The first-order valence-corrected chi connectivity index (χ1v) is 5.88. The highest BCUT2D eigenvalue weighted by Crippen LogP contribution is 2.26. The Balaban J connectivity index is 2.44. The van der Waals surface area contributed by atoms with Gasteiger partial charge in [0.15, 0.2) is 0 Å². The van der Waals surface area contributed by atoms with Crippen LogP contribution in [0, 0.1) is 10.5 Å². The number of hydrogen-bond donors (Lipinski definition) is 0. The van der Waals surface area contributed by atoms with Crippen LogP contribution in [0.15, 0.2) is 22.6 Å². The Morgan fingerprint density at radius 3 is 2.88 bits per heavy atom.